The Balaban J connectivity index is 2.11. The molecule has 0 aliphatic carbocycles. The van der Waals surface area contributed by atoms with Crippen LogP contribution in [-0.4, -0.2) is 24.1 Å². The van der Waals surface area contributed by atoms with Crippen LogP contribution >= 0.6 is 0 Å². The lowest BCUT2D eigenvalue weighted by Gasteiger charge is -2.18. The van der Waals surface area contributed by atoms with E-state index in [1.165, 1.54) is 11.1 Å². The molecule has 1 aromatic carbocycles. The molecule has 0 unspecified atom stereocenters. The molecule has 0 atom stereocenters. The van der Waals surface area contributed by atoms with Crippen molar-refractivity contribution in [3.8, 4) is 0 Å². The average Bonchev–Trinajstić information content (AvgIpc) is 2.39. The van der Waals surface area contributed by atoms with E-state index >= 15 is 0 Å². The summed E-state index contributed by atoms with van der Waals surface area (Å²) in [5.74, 6) is 0.897. The number of hydrogen-bond acceptors (Lipinski definition) is 4. The van der Waals surface area contributed by atoms with Gasteiger partial charge < -0.3 is 10.2 Å². The monoisotopic (exact) mass is 256 g/mol. The summed E-state index contributed by atoms with van der Waals surface area (Å²) in [6, 6.07) is 8.52. The molecule has 4 heteroatoms. The highest BCUT2D eigenvalue weighted by Crippen LogP contribution is 2.13. The molecule has 0 aliphatic heterocycles. The molecular weight excluding hydrogens is 236 g/mol. The van der Waals surface area contributed by atoms with Crippen molar-refractivity contribution >= 4 is 5.82 Å². The Hall–Kier alpha value is -1.94. The van der Waals surface area contributed by atoms with Crippen LogP contribution in [0.15, 0.2) is 36.7 Å². The Morgan fingerprint density at radius 2 is 2.11 bits per heavy atom. The quantitative estimate of drug-likeness (QED) is 0.890. The fourth-order valence-corrected chi connectivity index (χ4v) is 2.01. The summed E-state index contributed by atoms with van der Waals surface area (Å²) >= 11 is 0. The van der Waals surface area contributed by atoms with Gasteiger partial charge in [0.05, 0.1) is 11.9 Å². The average molecular weight is 256 g/mol. The van der Waals surface area contributed by atoms with Crippen LogP contribution in [-0.2, 0) is 13.1 Å². The van der Waals surface area contributed by atoms with Crippen LogP contribution in [0.4, 0.5) is 5.82 Å². The van der Waals surface area contributed by atoms with Crippen LogP contribution in [0.25, 0.3) is 0 Å². The van der Waals surface area contributed by atoms with Gasteiger partial charge in [-0.3, -0.25) is 4.98 Å². The predicted octanol–water partition coefficient (Wildman–Crippen LogP) is 2.14. The molecule has 100 valence electrons. The van der Waals surface area contributed by atoms with Gasteiger partial charge in [-0.1, -0.05) is 29.8 Å². The number of benzene rings is 1. The molecule has 0 saturated carbocycles. The molecule has 1 heterocycles. The number of aryl methyl sites for hydroxylation is 1. The Kier molecular flexibility index (Phi) is 4.47. The maximum Gasteiger partial charge on any atom is 0.147 e. The molecular formula is C15H20N4. The SMILES string of the molecule is CNCc1cncc(N(C)Cc2cccc(C)c2)n1. The van der Waals surface area contributed by atoms with Gasteiger partial charge in [0.2, 0.25) is 0 Å². The minimum Gasteiger partial charge on any atom is -0.354 e. The minimum atomic E-state index is 0.735. The molecule has 4 nitrogen and oxygen atoms in total. The molecule has 1 aromatic heterocycles. The van der Waals surface area contributed by atoms with Gasteiger partial charge in [-0.25, -0.2) is 4.98 Å². The normalized spacial score (nSPS) is 10.5. The van der Waals surface area contributed by atoms with E-state index in [0.29, 0.717) is 0 Å². The first kappa shape index (κ1) is 13.5. The highest BCUT2D eigenvalue weighted by molar-refractivity contribution is 5.37. The van der Waals surface area contributed by atoms with E-state index in [-0.39, 0.29) is 0 Å². The van der Waals surface area contributed by atoms with E-state index in [9.17, 15) is 0 Å². The second kappa shape index (κ2) is 6.29. The van der Waals surface area contributed by atoms with Crippen molar-refractivity contribution in [1.82, 2.24) is 15.3 Å². The number of nitrogens with zero attached hydrogens (tertiary/aromatic N) is 3. The van der Waals surface area contributed by atoms with Crippen molar-refractivity contribution in [1.29, 1.82) is 0 Å². The third-order valence-electron chi connectivity index (χ3n) is 2.92. The van der Waals surface area contributed by atoms with Gasteiger partial charge in [0, 0.05) is 26.3 Å². The van der Waals surface area contributed by atoms with Crippen molar-refractivity contribution in [2.75, 3.05) is 19.0 Å². The van der Waals surface area contributed by atoms with E-state index in [0.717, 1.165) is 24.6 Å². The Labute approximate surface area is 114 Å². The Morgan fingerprint density at radius 3 is 2.84 bits per heavy atom. The summed E-state index contributed by atoms with van der Waals surface area (Å²) in [5, 5.41) is 3.09. The highest BCUT2D eigenvalue weighted by Gasteiger charge is 2.05. The third kappa shape index (κ3) is 3.76. The molecule has 0 aliphatic rings. The zero-order valence-corrected chi connectivity index (χ0v) is 11.7. The van der Waals surface area contributed by atoms with Gasteiger partial charge in [0.1, 0.15) is 5.82 Å². The van der Waals surface area contributed by atoms with E-state index in [1.807, 2.05) is 14.1 Å². The molecule has 0 amide bonds. The highest BCUT2D eigenvalue weighted by atomic mass is 15.2. The number of rotatable bonds is 5. The van der Waals surface area contributed by atoms with Crippen molar-refractivity contribution in [2.45, 2.75) is 20.0 Å². The molecule has 0 saturated heterocycles. The first-order valence-corrected chi connectivity index (χ1v) is 6.41. The van der Waals surface area contributed by atoms with Gasteiger partial charge in [-0.05, 0) is 19.5 Å². The standard InChI is InChI=1S/C15H20N4/c1-12-5-4-6-13(7-12)11-19(3)15-10-17-9-14(18-15)8-16-2/h4-7,9-10,16H,8,11H2,1-3H3. The van der Waals surface area contributed by atoms with E-state index in [4.69, 9.17) is 0 Å². The lowest BCUT2D eigenvalue weighted by molar-refractivity contribution is 0.775. The van der Waals surface area contributed by atoms with Crippen LogP contribution in [0.5, 0.6) is 0 Å². The van der Waals surface area contributed by atoms with Crippen molar-refractivity contribution in [2.24, 2.45) is 0 Å². The zero-order chi connectivity index (χ0) is 13.7. The Bertz CT molecular complexity index is 539. The van der Waals surface area contributed by atoms with E-state index in [2.05, 4.69) is 51.4 Å². The number of hydrogen-bond donors (Lipinski definition) is 1. The van der Waals surface area contributed by atoms with Gasteiger partial charge in [0.25, 0.3) is 0 Å². The van der Waals surface area contributed by atoms with Crippen molar-refractivity contribution in [3.05, 3.63) is 53.5 Å². The molecule has 2 rings (SSSR count). The molecule has 0 bridgehead atoms. The Morgan fingerprint density at radius 1 is 1.26 bits per heavy atom. The van der Waals surface area contributed by atoms with Gasteiger partial charge in [0.15, 0.2) is 0 Å². The van der Waals surface area contributed by atoms with E-state index in [1.54, 1.807) is 12.4 Å². The topological polar surface area (TPSA) is 41.1 Å². The summed E-state index contributed by atoms with van der Waals surface area (Å²) in [7, 11) is 3.94. The molecule has 19 heavy (non-hydrogen) atoms. The van der Waals surface area contributed by atoms with Crippen LogP contribution in [0.2, 0.25) is 0 Å². The molecule has 1 N–H and O–H groups in total. The summed E-state index contributed by atoms with van der Waals surface area (Å²) in [6.07, 6.45) is 3.59. The molecule has 0 spiro atoms. The summed E-state index contributed by atoms with van der Waals surface area (Å²) in [5.41, 5.74) is 3.51. The number of aromatic nitrogens is 2. The third-order valence-corrected chi connectivity index (χ3v) is 2.92. The maximum atomic E-state index is 4.58. The summed E-state index contributed by atoms with van der Waals surface area (Å²) < 4.78 is 0. The van der Waals surface area contributed by atoms with Gasteiger partial charge in [-0.15, -0.1) is 0 Å². The second-order valence-electron chi connectivity index (χ2n) is 4.74. The fourth-order valence-electron chi connectivity index (χ4n) is 2.01. The lowest BCUT2D eigenvalue weighted by Crippen LogP contribution is -2.19. The summed E-state index contributed by atoms with van der Waals surface area (Å²) in [6.45, 7) is 3.68. The van der Waals surface area contributed by atoms with Crippen LogP contribution in [0.3, 0.4) is 0 Å². The maximum absolute atomic E-state index is 4.58. The molecule has 2 aromatic rings. The predicted molar refractivity (Wildman–Crippen MR) is 78.1 cm³/mol. The van der Waals surface area contributed by atoms with Gasteiger partial charge >= 0.3 is 0 Å². The first-order valence-electron chi connectivity index (χ1n) is 6.41. The van der Waals surface area contributed by atoms with Crippen molar-refractivity contribution in [3.63, 3.8) is 0 Å². The smallest absolute Gasteiger partial charge is 0.147 e. The number of nitrogens with one attached hydrogen (secondary N) is 1. The number of anilines is 1. The van der Waals surface area contributed by atoms with Crippen LogP contribution in [0.1, 0.15) is 16.8 Å². The van der Waals surface area contributed by atoms with Crippen LogP contribution < -0.4 is 10.2 Å². The lowest BCUT2D eigenvalue weighted by atomic mass is 10.1. The van der Waals surface area contributed by atoms with Gasteiger partial charge in [-0.2, -0.15) is 0 Å². The molecule has 0 fully saturated rings. The molecule has 0 radical (unpaired) electrons. The van der Waals surface area contributed by atoms with Crippen LogP contribution in [0, 0.1) is 6.92 Å². The fraction of sp³-hybridized carbons (Fsp3) is 0.333. The summed E-state index contributed by atoms with van der Waals surface area (Å²) in [4.78, 5) is 10.9. The zero-order valence-electron chi connectivity index (χ0n) is 11.7. The largest absolute Gasteiger partial charge is 0.354 e. The minimum absolute atomic E-state index is 0.735. The second-order valence-corrected chi connectivity index (χ2v) is 4.74. The van der Waals surface area contributed by atoms with Crippen molar-refractivity contribution < 1.29 is 0 Å². The van der Waals surface area contributed by atoms with E-state index < -0.39 is 0 Å². The first-order chi connectivity index (χ1) is 9.19.